The van der Waals surface area contributed by atoms with E-state index in [1.807, 2.05) is 23.0 Å². The van der Waals surface area contributed by atoms with Gasteiger partial charge in [-0.05, 0) is 37.6 Å². The van der Waals surface area contributed by atoms with Crippen molar-refractivity contribution in [3.05, 3.63) is 42.1 Å². The summed E-state index contributed by atoms with van der Waals surface area (Å²) in [5, 5.41) is 12.0. The van der Waals surface area contributed by atoms with Gasteiger partial charge < -0.3 is 14.6 Å². The Morgan fingerprint density at radius 2 is 2.26 bits per heavy atom. The number of halogens is 1. The third kappa shape index (κ3) is 4.01. The number of carbonyl (C=O) groups excluding carboxylic acids is 1. The summed E-state index contributed by atoms with van der Waals surface area (Å²) in [6, 6.07) is 9.13. The molecule has 0 saturated carbocycles. The largest absolute Gasteiger partial charge is 0.465 e. The molecule has 0 aliphatic carbocycles. The van der Waals surface area contributed by atoms with Gasteiger partial charge in [-0.1, -0.05) is 17.3 Å². The van der Waals surface area contributed by atoms with Crippen molar-refractivity contribution in [1.82, 2.24) is 25.2 Å². The van der Waals surface area contributed by atoms with E-state index in [-0.39, 0.29) is 12.4 Å². The van der Waals surface area contributed by atoms with E-state index in [1.54, 1.807) is 18.2 Å². The van der Waals surface area contributed by atoms with Crippen LogP contribution in [-0.2, 0) is 4.74 Å². The van der Waals surface area contributed by atoms with Crippen LogP contribution in [0, 0.1) is 0 Å². The summed E-state index contributed by atoms with van der Waals surface area (Å²) < 4.78 is 12.1. The van der Waals surface area contributed by atoms with Crippen molar-refractivity contribution in [3.63, 3.8) is 0 Å². The summed E-state index contributed by atoms with van der Waals surface area (Å²) in [6.45, 7) is 1.97. The number of piperidine rings is 1. The number of esters is 1. The normalized spacial score (nSPS) is 16.6. The number of nitrogens with zero attached hydrogens (tertiary/aromatic N) is 4. The Labute approximate surface area is 162 Å². The predicted octanol–water partition coefficient (Wildman–Crippen LogP) is 2.73. The first-order valence-corrected chi connectivity index (χ1v) is 8.53. The van der Waals surface area contributed by atoms with Crippen LogP contribution < -0.4 is 5.32 Å². The molecule has 0 bridgehead atoms. The van der Waals surface area contributed by atoms with Gasteiger partial charge in [0.15, 0.2) is 5.69 Å². The van der Waals surface area contributed by atoms with E-state index < -0.39 is 5.97 Å². The summed E-state index contributed by atoms with van der Waals surface area (Å²) in [7, 11) is 1.35. The molecule has 3 heterocycles. The second-order valence-corrected chi connectivity index (χ2v) is 6.18. The van der Waals surface area contributed by atoms with Gasteiger partial charge in [-0.3, -0.25) is 4.68 Å². The first-order chi connectivity index (χ1) is 12.7. The summed E-state index contributed by atoms with van der Waals surface area (Å²) in [5.41, 5.74) is 1.75. The maximum atomic E-state index is 11.7. The van der Waals surface area contributed by atoms with Crippen LogP contribution in [0.25, 0.3) is 23.0 Å². The smallest absolute Gasteiger partial charge is 0.337 e. The minimum absolute atomic E-state index is 0. The monoisotopic (exact) mass is 389 g/mol. The van der Waals surface area contributed by atoms with Gasteiger partial charge in [0.05, 0.1) is 18.7 Å². The van der Waals surface area contributed by atoms with Gasteiger partial charge in [0.25, 0.3) is 5.89 Å². The van der Waals surface area contributed by atoms with E-state index in [1.165, 1.54) is 7.11 Å². The molecule has 4 rings (SSSR count). The zero-order chi connectivity index (χ0) is 17.9. The molecule has 0 amide bonds. The number of aromatic nitrogens is 4. The molecule has 27 heavy (non-hydrogen) atoms. The fourth-order valence-corrected chi connectivity index (χ4v) is 3.06. The second-order valence-electron chi connectivity index (χ2n) is 6.18. The zero-order valence-corrected chi connectivity index (χ0v) is 15.6. The van der Waals surface area contributed by atoms with E-state index in [9.17, 15) is 4.79 Å². The maximum absolute atomic E-state index is 11.7. The average molecular weight is 390 g/mol. The van der Waals surface area contributed by atoms with Gasteiger partial charge in [0.1, 0.15) is 0 Å². The molecule has 1 N–H and O–H groups in total. The van der Waals surface area contributed by atoms with E-state index in [0.717, 1.165) is 25.9 Å². The average Bonchev–Trinajstić information content (AvgIpc) is 3.37. The molecule has 1 fully saturated rings. The van der Waals surface area contributed by atoms with Crippen molar-refractivity contribution < 1.29 is 14.1 Å². The summed E-state index contributed by atoms with van der Waals surface area (Å²) >= 11 is 0. The summed E-state index contributed by atoms with van der Waals surface area (Å²) in [4.78, 5) is 16.1. The number of ether oxygens (including phenoxy) is 1. The van der Waals surface area contributed by atoms with E-state index in [0.29, 0.717) is 34.6 Å². The predicted molar refractivity (Wildman–Crippen MR) is 101 cm³/mol. The van der Waals surface area contributed by atoms with Gasteiger partial charge >= 0.3 is 5.97 Å². The molecule has 2 aromatic heterocycles. The molecular formula is C18H20ClN5O3. The fourth-order valence-electron chi connectivity index (χ4n) is 3.06. The molecule has 3 aromatic rings. The highest BCUT2D eigenvalue weighted by molar-refractivity contribution is 5.90. The topological polar surface area (TPSA) is 95.1 Å². The van der Waals surface area contributed by atoms with Gasteiger partial charge in [-0.15, -0.1) is 12.4 Å². The lowest BCUT2D eigenvalue weighted by molar-refractivity contribution is 0.0601. The molecular weight excluding hydrogens is 370 g/mol. The molecule has 1 unspecified atom stereocenters. The Morgan fingerprint density at radius 3 is 3.04 bits per heavy atom. The molecule has 1 saturated heterocycles. The van der Waals surface area contributed by atoms with Gasteiger partial charge in [-0.25, -0.2) is 4.79 Å². The SMILES string of the molecule is COC(=O)c1cccc(-c2noc(-c3ccn(C4CCCNC4)n3)n2)c1.Cl. The molecule has 8 nitrogen and oxygen atoms in total. The number of benzene rings is 1. The maximum Gasteiger partial charge on any atom is 0.337 e. The van der Waals surface area contributed by atoms with E-state index in [4.69, 9.17) is 9.26 Å². The van der Waals surface area contributed by atoms with Crippen molar-refractivity contribution in [2.75, 3.05) is 20.2 Å². The standard InChI is InChI=1S/C18H19N5O3.ClH/c1-25-18(24)13-5-2-4-12(10-13)16-20-17(26-22-16)15-7-9-23(21-15)14-6-3-8-19-11-14;/h2,4-5,7,9-10,14,19H,3,6,8,11H2,1H3;1H. The second kappa shape index (κ2) is 8.32. The Morgan fingerprint density at radius 1 is 1.37 bits per heavy atom. The highest BCUT2D eigenvalue weighted by atomic mass is 35.5. The van der Waals surface area contributed by atoms with Crippen molar-refractivity contribution >= 4 is 18.4 Å². The molecule has 1 aliphatic rings. The Balaban J connectivity index is 0.00000210. The molecule has 1 atom stereocenters. The molecule has 0 spiro atoms. The van der Waals surface area contributed by atoms with Crippen LogP contribution in [0.3, 0.4) is 0 Å². The summed E-state index contributed by atoms with van der Waals surface area (Å²) in [5.74, 6) is 0.348. The van der Waals surface area contributed by atoms with Crippen molar-refractivity contribution in [3.8, 4) is 23.0 Å². The number of methoxy groups -OCH3 is 1. The quantitative estimate of drug-likeness (QED) is 0.685. The third-order valence-electron chi connectivity index (χ3n) is 4.44. The molecule has 1 aliphatic heterocycles. The van der Waals surface area contributed by atoms with Crippen LogP contribution in [0.2, 0.25) is 0 Å². The Bertz CT molecular complexity index is 917. The van der Waals surface area contributed by atoms with Crippen LogP contribution in [0.5, 0.6) is 0 Å². The summed E-state index contributed by atoms with van der Waals surface area (Å²) in [6.07, 6.45) is 4.18. The number of nitrogens with one attached hydrogen (secondary N) is 1. The molecule has 0 radical (unpaired) electrons. The molecule has 1 aromatic carbocycles. The lowest BCUT2D eigenvalue weighted by Gasteiger charge is -2.22. The molecule has 142 valence electrons. The van der Waals surface area contributed by atoms with Crippen LogP contribution in [0.4, 0.5) is 0 Å². The Hall–Kier alpha value is -2.71. The van der Waals surface area contributed by atoms with Gasteiger partial charge in [-0.2, -0.15) is 10.1 Å². The highest BCUT2D eigenvalue weighted by Crippen LogP contribution is 2.23. The highest BCUT2D eigenvalue weighted by Gasteiger charge is 2.19. The van der Waals surface area contributed by atoms with Gasteiger partial charge in [0.2, 0.25) is 5.82 Å². The first-order valence-electron chi connectivity index (χ1n) is 8.53. The van der Waals surface area contributed by atoms with Crippen molar-refractivity contribution in [1.29, 1.82) is 0 Å². The van der Waals surface area contributed by atoms with Crippen molar-refractivity contribution in [2.45, 2.75) is 18.9 Å². The number of hydrogen-bond acceptors (Lipinski definition) is 7. The molecule has 9 heteroatoms. The van der Waals surface area contributed by atoms with E-state index in [2.05, 4.69) is 20.6 Å². The third-order valence-corrected chi connectivity index (χ3v) is 4.44. The fraction of sp³-hybridized carbons (Fsp3) is 0.333. The number of rotatable bonds is 4. The first kappa shape index (κ1) is 19.1. The van der Waals surface area contributed by atoms with Crippen LogP contribution >= 0.6 is 12.4 Å². The van der Waals surface area contributed by atoms with E-state index >= 15 is 0 Å². The van der Waals surface area contributed by atoms with Crippen molar-refractivity contribution in [2.24, 2.45) is 0 Å². The van der Waals surface area contributed by atoms with Crippen LogP contribution in [0.1, 0.15) is 29.2 Å². The minimum atomic E-state index is -0.407. The lowest BCUT2D eigenvalue weighted by atomic mass is 10.1. The van der Waals surface area contributed by atoms with Crippen LogP contribution in [-0.4, -0.2) is 46.1 Å². The van der Waals surface area contributed by atoms with Gasteiger partial charge in [0, 0.05) is 18.3 Å². The minimum Gasteiger partial charge on any atom is -0.465 e. The zero-order valence-electron chi connectivity index (χ0n) is 14.8. The number of carbonyl (C=O) groups is 1. The number of hydrogen-bond donors (Lipinski definition) is 1. The Kier molecular flexibility index (Phi) is 5.88. The lowest BCUT2D eigenvalue weighted by Crippen LogP contribution is -2.31. The van der Waals surface area contributed by atoms with Crippen LogP contribution in [0.15, 0.2) is 41.1 Å².